The van der Waals surface area contributed by atoms with E-state index in [9.17, 15) is 0 Å². The number of hydrogen-bond donors (Lipinski definition) is 1. The molecule has 2 aliphatic heterocycles. The second-order valence-electron chi connectivity index (χ2n) is 5.01. The van der Waals surface area contributed by atoms with Gasteiger partial charge in [-0.2, -0.15) is 4.98 Å². The van der Waals surface area contributed by atoms with Gasteiger partial charge in [0.25, 0.3) is 0 Å². The molecule has 3 heterocycles. The van der Waals surface area contributed by atoms with E-state index in [4.69, 9.17) is 9.26 Å². The van der Waals surface area contributed by atoms with Gasteiger partial charge in [-0.25, -0.2) is 0 Å². The Balaban J connectivity index is 0.00000108. The number of hydrogen-bond acceptors (Lipinski definition) is 5. The van der Waals surface area contributed by atoms with E-state index in [-0.39, 0.29) is 17.8 Å². The van der Waals surface area contributed by atoms with Gasteiger partial charge < -0.3 is 14.6 Å². The number of nitrogens with one attached hydrogen (secondary N) is 1. The first kappa shape index (κ1) is 12.8. The summed E-state index contributed by atoms with van der Waals surface area (Å²) < 4.78 is 10.7. The van der Waals surface area contributed by atoms with Crippen LogP contribution in [0.15, 0.2) is 4.52 Å². The highest BCUT2D eigenvalue weighted by Crippen LogP contribution is 2.30. The summed E-state index contributed by atoms with van der Waals surface area (Å²) in [5.74, 6) is 1.93. The Morgan fingerprint density at radius 2 is 2.35 bits per heavy atom. The van der Waals surface area contributed by atoms with Crippen LogP contribution in [0.3, 0.4) is 0 Å². The molecule has 1 aromatic heterocycles. The fraction of sp³-hybridized carbons (Fsp3) is 0.818. The van der Waals surface area contributed by atoms with Crippen molar-refractivity contribution in [2.75, 3.05) is 26.3 Å². The standard InChI is InChI=1S/C11H17N3O2.ClH/c1-11(3-4-12-7-11)10-13-9(14-16-10)8-2-5-15-6-8;/h8,12H,2-7H2,1H3;1H. The van der Waals surface area contributed by atoms with E-state index >= 15 is 0 Å². The highest BCUT2D eigenvalue weighted by molar-refractivity contribution is 5.85. The molecule has 0 spiro atoms. The third-order valence-electron chi connectivity index (χ3n) is 3.62. The second kappa shape index (κ2) is 4.92. The third-order valence-corrected chi connectivity index (χ3v) is 3.62. The first-order valence-corrected chi connectivity index (χ1v) is 5.90. The van der Waals surface area contributed by atoms with Gasteiger partial charge in [-0.3, -0.25) is 0 Å². The Bertz CT molecular complexity index is 371. The maximum atomic E-state index is 5.41. The summed E-state index contributed by atoms with van der Waals surface area (Å²) in [5, 5.41) is 7.43. The zero-order valence-corrected chi connectivity index (χ0v) is 10.8. The minimum atomic E-state index is 0. The fourth-order valence-electron chi connectivity index (χ4n) is 2.38. The van der Waals surface area contributed by atoms with Gasteiger partial charge in [0.05, 0.1) is 12.0 Å². The first-order chi connectivity index (χ1) is 7.78. The number of nitrogens with zero attached hydrogens (tertiary/aromatic N) is 2. The van der Waals surface area contributed by atoms with Crippen molar-refractivity contribution in [2.45, 2.75) is 31.1 Å². The highest BCUT2D eigenvalue weighted by Gasteiger charge is 2.37. The third kappa shape index (κ3) is 2.32. The van der Waals surface area contributed by atoms with Crippen molar-refractivity contribution in [3.8, 4) is 0 Å². The van der Waals surface area contributed by atoms with Crippen LogP contribution in [0.4, 0.5) is 0 Å². The van der Waals surface area contributed by atoms with Crippen LogP contribution in [-0.4, -0.2) is 36.4 Å². The van der Waals surface area contributed by atoms with Gasteiger partial charge in [-0.05, 0) is 26.3 Å². The van der Waals surface area contributed by atoms with Crippen molar-refractivity contribution in [1.29, 1.82) is 0 Å². The molecule has 0 aromatic carbocycles. The molecule has 0 amide bonds. The Kier molecular flexibility index (Phi) is 3.70. The molecular weight excluding hydrogens is 242 g/mol. The second-order valence-corrected chi connectivity index (χ2v) is 5.01. The van der Waals surface area contributed by atoms with Crippen LogP contribution in [0.5, 0.6) is 0 Å². The SMILES string of the molecule is CC1(c2nc(C3CCOC3)no2)CCNC1.Cl. The molecule has 2 saturated heterocycles. The minimum absolute atomic E-state index is 0. The normalized spacial score (nSPS) is 32.6. The molecule has 96 valence electrons. The van der Waals surface area contributed by atoms with Crippen LogP contribution < -0.4 is 5.32 Å². The molecule has 1 N–H and O–H groups in total. The molecule has 3 rings (SSSR count). The maximum absolute atomic E-state index is 5.41. The minimum Gasteiger partial charge on any atom is -0.381 e. The van der Waals surface area contributed by atoms with Gasteiger partial charge in [0, 0.05) is 19.1 Å². The predicted molar refractivity (Wildman–Crippen MR) is 64.6 cm³/mol. The first-order valence-electron chi connectivity index (χ1n) is 5.90. The van der Waals surface area contributed by atoms with E-state index in [0.29, 0.717) is 5.92 Å². The molecular formula is C11H18ClN3O2. The van der Waals surface area contributed by atoms with Crippen LogP contribution in [0, 0.1) is 0 Å². The molecule has 2 aliphatic rings. The van der Waals surface area contributed by atoms with Gasteiger partial charge in [0.15, 0.2) is 5.82 Å². The summed E-state index contributed by atoms with van der Waals surface area (Å²) in [4.78, 5) is 4.55. The van der Waals surface area contributed by atoms with E-state index in [1.54, 1.807) is 0 Å². The monoisotopic (exact) mass is 259 g/mol. The number of rotatable bonds is 2. The van der Waals surface area contributed by atoms with E-state index in [0.717, 1.165) is 50.9 Å². The van der Waals surface area contributed by atoms with Crippen LogP contribution >= 0.6 is 12.4 Å². The summed E-state index contributed by atoms with van der Waals surface area (Å²) >= 11 is 0. The van der Waals surface area contributed by atoms with Gasteiger partial charge in [0.2, 0.25) is 5.89 Å². The van der Waals surface area contributed by atoms with Crippen molar-refractivity contribution in [1.82, 2.24) is 15.5 Å². The Hall–Kier alpha value is -0.650. The Labute approximate surface area is 107 Å². The van der Waals surface area contributed by atoms with E-state index in [1.165, 1.54) is 0 Å². The van der Waals surface area contributed by atoms with E-state index in [1.807, 2.05) is 0 Å². The largest absolute Gasteiger partial charge is 0.381 e. The summed E-state index contributed by atoms with van der Waals surface area (Å²) in [6, 6.07) is 0. The lowest BCUT2D eigenvalue weighted by atomic mass is 9.90. The van der Waals surface area contributed by atoms with Gasteiger partial charge in [-0.15, -0.1) is 12.4 Å². The molecule has 1 aromatic rings. The van der Waals surface area contributed by atoms with Gasteiger partial charge in [-0.1, -0.05) is 5.16 Å². The molecule has 0 radical (unpaired) electrons. The lowest BCUT2D eigenvalue weighted by Crippen LogP contribution is -2.25. The Morgan fingerprint density at radius 1 is 1.47 bits per heavy atom. The molecule has 2 fully saturated rings. The summed E-state index contributed by atoms with van der Waals surface area (Å²) in [5.41, 5.74) is 0.0186. The van der Waals surface area contributed by atoms with Crippen molar-refractivity contribution in [3.63, 3.8) is 0 Å². The number of aromatic nitrogens is 2. The summed E-state index contributed by atoms with van der Waals surface area (Å²) in [6.45, 7) is 5.67. The molecule has 5 nitrogen and oxygen atoms in total. The van der Waals surface area contributed by atoms with E-state index < -0.39 is 0 Å². The van der Waals surface area contributed by atoms with Crippen LogP contribution in [0.1, 0.15) is 37.4 Å². The quantitative estimate of drug-likeness (QED) is 0.866. The zero-order chi connectivity index (χ0) is 11.0. The molecule has 17 heavy (non-hydrogen) atoms. The summed E-state index contributed by atoms with van der Waals surface area (Å²) in [6.07, 6.45) is 2.07. The van der Waals surface area contributed by atoms with Gasteiger partial charge >= 0.3 is 0 Å². The molecule has 0 saturated carbocycles. The van der Waals surface area contributed by atoms with E-state index in [2.05, 4.69) is 22.4 Å². The smallest absolute Gasteiger partial charge is 0.233 e. The topological polar surface area (TPSA) is 60.2 Å². The zero-order valence-electron chi connectivity index (χ0n) is 9.94. The predicted octanol–water partition coefficient (Wildman–Crippen LogP) is 1.25. The van der Waals surface area contributed by atoms with Crippen molar-refractivity contribution in [2.24, 2.45) is 0 Å². The van der Waals surface area contributed by atoms with Gasteiger partial charge in [0.1, 0.15) is 0 Å². The van der Waals surface area contributed by atoms with Crippen LogP contribution in [-0.2, 0) is 10.2 Å². The molecule has 2 atom stereocenters. The summed E-state index contributed by atoms with van der Waals surface area (Å²) in [7, 11) is 0. The average molecular weight is 260 g/mol. The molecule has 2 unspecified atom stereocenters. The Morgan fingerprint density at radius 3 is 3.00 bits per heavy atom. The fourth-order valence-corrected chi connectivity index (χ4v) is 2.38. The molecule has 0 bridgehead atoms. The van der Waals surface area contributed by atoms with Crippen molar-refractivity contribution in [3.05, 3.63) is 11.7 Å². The van der Waals surface area contributed by atoms with Crippen molar-refractivity contribution < 1.29 is 9.26 Å². The van der Waals surface area contributed by atoms with Crippen molar-refractivity contribution >= 4 is 12.4 Å². The number of ether oxygens (including phenoxy) is 1. The maximum Gasteiger partial charge on any atom is 0.233 e. The lowest BCUT2D eigenvalue weighted by molar-refractivity contribution is 0.192. The lowest BCUT2D eigenvalue weighted by Gasteiger charge is -2.16. The highest BCUT2D eigenvalue weighted by atomic mass is 35.5. The average Bonchev–Trinajstić information content (AvgIpc) is 2.98. The van der Waals surface area contributed by atoms with Crippen LogP contribution in [0.25, 0.3) is 0 Å². The van der Waals surface area contributed by atoms with Crippen LogP contribution in [0.2, 0.25) is 0 Å². The molecule has 0 aliphatic carbocycles. The number of halogens is 1. The molecule has 6 heteroatoms.